The van der Waals surface area contributed by atoms with Crippen molar-refractivity contribution < 1.29 is 13.9 Å². The van der Waals surface area contributed by atoms with Gasteiger partial charge in [0.15, 0.2) is 12.6 Å². The fourth-order valence-corrected chi connectivity index (χ4v) is 2.77. The number of halogens is 2. The third-order valence-electron chi connectivity index (χ3n) is 4.51. The molecule has 6 nitrogen and oxygen atoms in total. The van der Waals surface area contributed by atoms with E-state index in [1.165, 1.54) is 12.1 Å². The van der Waals surface area contributed by atoms with Gasteiger partial charge in [0, 0.05) is 26.2 Å². The lowest BCUT2D eigenvalue weighted by Crippen LogP contribution is -2.37. The van der Waals surface area contributed by atoms with Gasteiger partial charge in [-0.25, -0.2) is 4.39 Å². The molecule has 0 unspecified atom stereocenters. The maximum absolute atomic E-state index is 12.9. The first-order valence-electron chi connectivity index (χ1n) is 9.82. The molecule has 0 radical (unpaired) electrons. The molecule has 162 valence electrons. The second kappa shape index (κ2) is 12.4. The molecule has 0 heterocycles. The van der Waals surface area contributed by atoms with Gasteiger partial charge in [-0.3, -0.25) is 9.79 Å². The SMILES string of the molecule is CN=C(NCCc1ccc(F)cc1)NCc1cccc(OCC(=O)NC2CC2)c1.I. The monoisotopic (exact) mass is 526 g/mol. The Bertz CT molecular complexity index is 841. The van der Waals surface area contributed by atoms with Crippen molar-refractivity contribution in [2.45, 2.75) is 31.8 Å². The van der Waals surface area contributed by atoms with Crippen molar-refractivity contribution in [3.63, 3.8) is 0 Å². The highest BCUT2D eigenvalue weighted by Gasteiger charge is 2.23. The Morgan fingerprint density at radius 3 is 2.60 bits per heavy atom. The highest BCUT2D eigenvalue weighted by atomic mass is 127. The number of rotatable bonds is 9. The van der Waals surface area contributed by atoms with E-state index in [0.29, 0.717) is 30.8 Å². The Hall–Kier alpha value is -2.36. The largest absolute Gasteiger partial charge is 0.484 e. The van der Waals surface area contributed by atoms with Crippen LogP contribution in [0.25, 0.3) is 0 Å². The number of guanidine groups is 1. The second-order valence-corrected chi connectivity index (χ2v) is 7.01. The summed E-state index contributed by atoms with van der Waals surface area (Å²) in [7, 11) is 1.71. The van der Waals surface area contributed by atoms with E-state index in [1.807, 2.05) is 24.3 Å². The average Bonchev–Trinajstić information content (AvgIpc) is 3.54. The Morgan fingerprint density at radius 1 is 1.13 bits per heavy atom. The first-order valence-corrected chi connectivity index (χ1v) is 9.82. The lowest BCUT2D eigenvalue weighted by Gasteiger charge is -2.13. The summed E-state index contributed by atoms with van der Waals surface area (Å²) in [4.78, 5) is 15.9. The topological polar surface area (TPSA) is 74.8 Å². The summed E-state index contributed by atoms with van der Waals surface area (Å²) >= 11 is 0. The molecule has 0 aromatic heterocycles. The third kappa shape index (κ3) is 8.56. The molecule has 30 heavy (non-hydrogen) atoms. The zero-order valence-electron chi connectivity index (χ0n) is 17.0. The summed E-state index contributed by atoms with van der Waals surface area (Å²) in [6.07, 6.45) is 2.89. The van der Waals surface area contributed by atoms with E-state index in [-0.39, 0.29) is 42.3 Å². The highest BCUT2D eigenvalue weighted by molar-refractivity contribution is 14.0. The number of nitrogens with one attached hydrogen (secondary N) is 3. The molecule has 1 aliphatic rings. The van der Waals surface area contributed by atoms with Gasteiger partial charge in [0.1, 0.15) is 11.6 Å². The minimum absolute atomic E-state index is 0. The van der Waals surface area contributed by atoms with Crippen LogP contribution in [0.1, 0.15) is 24.0 Å². The first kappa shape index (κ1) is 23.9. The van der Waals surface area contributed by atoms with E-state index < -0.39 is 0 Å². The summed E-state index contributed by atoms with van der Waals surface area (Å²) in [6.45, 7) is 1.28. The molecule has 0 bridgehead atoms. The maximum Gasteiger partial charge on any atom is 0.258 e. The van der Waals surface area contributed by atoms with Crippen molar-refractivity contribution in [1.82, 2.24) is 16.0 Å². The van der Waals surface area contributed by atoms with Gasteiger partial charge >= 0.3 is 0 Å². The predicted octanol–water partition coefficient (Wildman–Crippen LogP) is 3.01. The van der Waals surface area contributed by atoms with Crippen LogP contribution in [0.2, 0.25) is 0 Å². The normalized spacial score (nSPS) is 13.2. The second-order valence-electron chi connectivity index (χ2n) is 7.01. The number of amides is 1. The quantitative estimate of drug-likeness (QED) is 0.267. The standard InChI is InChI=1S/C22H27FN4O2.HI/c1-24-22(25-12-11-16-5-7-18(23)8-6-16)26-14-17-3-2-4-20(13-17)29-15-21(28)27-19-9-10-19;/h2-8,13,19H,9-12,14-15H2,1H3,(H,27,28)(H2,24,25,26);1H. The van der Waals surface area contributed by atoms with Crippen molar-refractivity contribution in [3.05, 3.63) is 65.5 Å². The van der Waals surface area contributed by atoms with Crippen LogP contribution < -0.4 is 20.7 Å². The first-order chi connectivity index (χ1) is 14.1. The number of benzene rings is 2. The van der Waals surface area contributed by atoms with Crippen LogP contribution in [-0.2, 0) is 17.8 Å². The van der Waals surface area contributed by atoms with Crippen molar-refractivity contribution in [2.75, 3.05) is 20.2 Å². The van der Waals surface area contributed by atoms with Gasteiger partial charge in [-0.2, -0.15) is 0 Å². The van der Waals surface area contributed by atoms with Gasteiger partial charge in [0.25, 0.3) is 5.91 Å². The molecule has 2 aromatic carbocycles. The molecule has 1 fully saturated rings. The van der Waals surface area contributed by atoms with E-state index in [9.17, 15) is 9.18 Å². The van der Waals surface area contributed by atoms with Crippen molar-refractivity contribution in [3.8, 4) is 5.75 Å². The number of carbonyl (C=O) groups excluding carboxylic acids is 1. The Labute approximate surface area is 193 Å². The van der Waals surface area contributed by atoms with E-state index in [0.717, 1.165) is 30.4 Å². The van der Waals surface area contributed by atoms with Crippen LogP contribution in [0.3, 0.4) is 0 Å². The smallest absolute Gasteiger partial charge is 0.258 e. The molecular weight excluding hydrogens is 498 g/mol. The number of carbonyl (C=O) groups is 1. The summed E-state index contributed by atoms with van der Waals surface area (Å²) in [6, 6.07) is 14.5. The molecule has 0 spiro atoms. The van der Waals surface area contributed by atoms with E-state index in [4.69, 9.17) is 4.74 Å². The molecule has 0 saturated heterocycles. The number of ether oxygens (including phenoxy) is 1. The van der Waals surface area contributed by atoms with Crippen LogP contribution in [-0.4, -0.2) is 38.1 Å². The van der Waals surface area contributed by atoms with Gasteiger partial charge in [-0.05, 0) is 54.7 Å². The number of hydrogen-bond donors (Lipinski definition) is 3. The summed E-state index contributed by atoms with van der Waals surface area (Å²) in [5.41, 5.74) is 2.08. The average molecular weight is 526 g/mol. The van der Waals surface area contributed by atoms with Crippen molar-refractivity contribution in [1.29, 1.82) is 0 Å². The molecule has 1 aliphatic carbocycles. The van der Waals surface area contributed by atoms with Gasteiger partial charge in [-0.1, -0.05) is 24.3 Å². The van der Waals surface area contributed by atoms with Crippen molar-refractivity contribution >= 4 is 35.8 Å². The zero-order chi connectivity index (χ0) is 20.5. The molecule has 3 rings (SSSR count). The molecular formula is C22H28FIN4O2. The van der Waals surface area contributed by atoms with Crippen LogP contribution >= 0.6 is 24.0 Å². The lowest BCUT2D eigenvalue weighted by molar-refractivity contribution is -0.123. The number of aliphatic imine (C=N–C) groups is 1. The predicted molar refractivity (Wildman–Crippen MR) is 127 cm³/mol. The summed E-state index contributed by atoms with van der Waals surface area (Å²) < 4.78 is 18.5. The Kier molecular flexibility index (Phi) is 9.85. The molecule has 0 aliphatic heterocycles. The van der Waals surface area contributed by atoms with Crippen molar-refractivity contribution in [2.24, 2.45) is 4.99 Å². The Balaban J connectivity index is 0.00000320. The zero-order valence-corrected chi connectivity index (χ0v) is 19.3. The molecule has 2 aromatic rings. The summed E-state index contributed by atoms with van der Waals surface area (Å²) in [5.74, 6) is 1.03. The van der Waals surface area contributed by atoms with E-state index >= 15 is 0 Å². The molecule has 0 atom stereocenters. The minimum Gasteiger partial charge on any atom is -0.484 e. The van der Waals surface area contributed by atoms with Gasteiger partial charge in [-0.15, -0.1) is 24.0 Å². The van der Waals surface area contributed by atoms with Crippen LogP contribution in [0.5, 0.6) is 5.75 Å². The fourth-order valence-electron chi connectivity index (χ4n) is 2.77. The van der Waals surface area contributed by atoms with Gasteiger partial charge in [0.05, 0.1) is 0 Å². The molecule has 8 heteroatoms. The maximum atomic E-state index is 12.9. The highest BCUT2D eigenvalue weighted by Crippen LogP contribution is 2.18. The van der Waals surface area contributed by atoms with E-state index in [2.05, 4.69) is 20.9 Å². The number of nitrogens with zero attached hydrogens (tertiary/aromatic N) is 1. The Morgan fingerprint density at radius 2 is 1.90 bits per heavy atom. The molecule has 1 saturated carbocycles. The van der Waals surface area contributed by atoms with Crippen LogP contribution in [0, 0.1) is 5.82 Å². The third-order valence-corrected chi connectivity index (χ3v) is 4.51. The number of hydrogen-bond acceptors (Lipinski definition) is 3. The van der Waals surface area contributed by atoms with Gasteiger partial charge < -0.3 is 20.7 Å². The minimum atomic E-state index is -0.228. The molecule has 1 amide bonds. The fraction of sp³-hybridized carbons (Fsp3) is 0.364. The lowest BCUT2D eigenvalue weighted by atomic mass is 10.1. The van der Waals surface area contributed by atoms with Crippen LogP contribution in [0.4, 0.5) is 4.39 Å². The summed E-state index contributed by atoms with van der Waals surface area (Å²) in [5, 5.41) is 9.40. The molecule has 3 N–H and O–H groups in total. The van der Waals surface area contributed by atoms with E-state index in [1.54, 1.807) is 19.2 Å². The van der Waals surface area contributed by atoms with Gasteiger partial charge in [0.2, 0.25) is 0 Å². The van der Waals surface area contributed by atoms with Crippen LogP contribution in [0.15, 0.2) is 53.5 Å².